The van der Waals surface area contributed by atoms with Crippen LogP contribution in [0.5, 0.6) is 0 Å². The van der Waals surface area contributed by atoms with Crippen LogP contribution < -0.4 is 10.9 Å². The number of halogens is 6. The maximum atomic E-state index is 12.8. The van der Waals surface area contributed by atoms with E-state index in [1.54, 1.807) is 0 Å². The van der Waals surface area contributed by atoms with Crippen LogP contribution in [0.3, 0.4) is 0 Å². The van der Waals surface area contributed by atoms with Crippen LogP contribution in [-0.4, -0.2) is 12.1 Å². The van der Waals surface area contributed by atoms with Crippen molar-refractivity contribution in [2.45, 2.75) is 12.4 Å². The quantitative estimate of drug-likeness (QED) is 0.646. The number of hydrogen-bond acceptors (Lipinski definition) is 3. The van der Waals surface area contributed by atoms with Crippen LogP contribution in [0.2, 0.25) is 0 Å². The zero-order valence-corrected chi connectivity index (χ0v) is 10.3. The fourth-order valence-electron chi connectivity index (χ4n) is 1.68. The summed E-state index contributed by atoms with van der Waals surface area (Å²) >= 11 is 0. The molecule has 0 aliphatic carbocycles. The van der Waals surface area contributed by atoms with Gasteiger partial charge in [0.2, 0.25) is 0 Å². The second kappa shape index (κ2) is 5.04. The van der Waals surface area contributed by atoms with Gasteiger partial charge in [-0.1, -0.05) is 0 Å². The molecule has 1 aromatic heterocycles. The SMILES string of the molecule is O=C(Nc1ccc2c(C(F)(F)F)cc(=O)oc2c1)C(F)(F)F. The number of alkyl halides is 6. The Morgan fingerprint density at radius 1 is 1.05 bits per heavy atom. The molecule has 118 valence electrons. The van der Waals surface area contributed by atoms with E-state index in [2.05, 4.69) is 4.42 Å². The second-order valence-electron chi connectivity index (χ2n) is 4.14. The van der Waals surface area contributed by atoms with Gasteiger partial charge in [0.15, 0.2) is 0 Å². The molecule has 0 atom stereocenters. The van der Waals surface area contributed by atoms with Crippen molar-refractivity contribution in [3.8, 4) is 0 Å². The Kier molecular flexibility index (Phi) is 3.63. The van der Waals surface area contributed by atoms with E-state index in [0.717, 1.165) is 12.1 Å². The van der Waals surface area contributed by atoms with Gasteiger partial charge in [-0.15, -0.1) is 0 Å². The van der Waals surface area contributed by atoms with Crippen molar-refractivity contribution in [3.63, 3.8) is 0 Å². The molecular formula is C12H5F6NO3. The Morgan fingerprint density at radius 3 is 2.23 bits per heavy atom. The lowest BCUT2D eigenvalue weighted by molar-refractivity contribution is -0.167. The van der Waals surface area contributed by atoms with Gasteiger partial charge < -0.3 is 9.73 Å². The zero-order chi connectivity index (χ0) is 16.7. The topological polar surface area (TPSA) is 59.3 Å². The first-order valence-corrected chi connectivity index (χ1v) is 5.52. The van der Waals surface area contributed by atoms with Crippen LogP contribution in [0.1, 0.15) is 5.56 Å². The summed E-state index contributed by atoms with van der Waals surface area (Å²) in [5.74, 6) is -2.30. The van der Waals surface area contributed by atoms with Crippen molar-refractivity contribution in [1.29, 1.82) is 0 Å². The van der Waals surface area contributed by atoms with Crippen LogP contribution >= 0.6 is 0 Å². The van der Waals surface area contributed by atoms with Crippen molar-refractivity contribution in [2.24, 2.45) is 0 Å². The molecule has 0 bridgehead atoms. The molecule has 22 heavy (non-hydrogen) atoms. The van der Waals surface area contributed by atoms with Crippen LogP contribution in [0.15, 0.2) is 33.5 Å². The van der Waals surface area contributed by atoms with E-state index < -0.39 is 46.1 Å². The van der Waals surface area contributed by atoms with E-state index in [-0.39, 0.29) is 6.07 Å². The first kappa shape index (κ1) is 15.9. The van der Waals surface area contributed by atoms with Crippen LogP contribution in [0.4, 0.5) is 32.0 Å². The van der Waals surface area contributed by atoms with Crippen molar-refractivity contribution >= 4 is 22.6 Å². The van der Waals surface area contributed by atoms with Gasteiger partial charge in [0.1, 0.15) is 5.58 Å². The van der Waals surface area contributed by atoms with Gasteiger partial charge in [0.25, 0.3) is 0 Å². The maximum absolute atomic E-state index is 12.8. The summed E-state index contributed by atoms with van der Waals surface area (Å²) in [5.41, 5.74) is -3.66. The molecule has 1 heterocycles. The largest absolute Gasteiger partial charge is 0.471 e. The van der Waals surface area contributed by atoms with Crippen molar-refractivity contribution in [1.82, 2.24) is 0 Å². The fourth-order valence-corrected chi connectivity index (χ4v) is 1.68. The number of amides is 1. The van der Waals surface area contributed by atoms with E-state index in [0.29, 0.717) is 6.07 Å². The van der Waals surface area contributed by atoms with E-state index in [9.17, 15) is 35.9 Å². The lowest BCUT2D eigenvalue weighted by Gasteiger charge is -2.11. The number of rotatable bonds is 1. The minimum atomic E-state index is -5.16. The fraction of sp³-hybridized carbons (Fsp3) is 0.167. The number of carbonyl (C=O) groups is 1. The predicted molar refractivity (Wildman–Crippen MR) is 62.2 cm³/mol. The number of nitrogens with one attached hydrogen (secondary N) is 1. The Morgan fingerprint density at radius 2 is 1.68 bits per heavy atom. The molecule has 10 heteroatoms. The van der Waals surface area contributed by atoms with Gasteiger partial charge in [-0.2, -0.15) is 26.3 Å². The maximum Gasteiger partial charge on any atom is 0.471 e. The third-order valence-electron chi connectivity index (χ3n) is 2.57. The highest BCUT2D eigenvalue weighted by atomic mass is 19.4. The lowest BCUT2D eigenvalue weighted by Crippen LogP contribution is -2.29. The van der Waals surface area contributed by atoms with Crippen LogP contribution in [0.25, 0.3) is 11.0 Å². The molecule has 0 saturated carbocycles. The molecule has 0 fully saturated rings. The number of anilines is 1. The number of hydrogen-bond donors (Lipinski definition) is 1. The zero-order valence-electron chi connectivity index (χ0n) is 10.3. The van der Waals surface area contributed by atoms with Crippen molar-refractivity contribution < 1.29 is 35.6 Å². The van der Waals surface area contributed by atoms with Gasteiger partial charge in [0, 0.05) is 23.2 Å². The highest BCUT2D eigenvalue weighted by molar-refractivity contribution is 5.96. The molecule has 2 aromatic rings. The number of carbonyl (C=O) groups excluding carboxylic acids is 1. The Hall–Kier alpha value is -2.52. The third kappa shape index (κ3) is 3.21. The molecule has 0 saturated heterocycles. The van der Waals surface area contributed by atoms with E-state index in [4.69, 9.17) is 0 Å². The molecule has 0 spiro atoms. The minimum absolute atomic E-state index is 0.232. The van der Waals surface area contributed by atoms with Gasteiger partial charge in [0.05, 0.1) is 5.56 Å². The summed E-state index contributed by atoms with van der Waals surface area (Å²) in [6, 6.07) is 2.57. The Labute approximate surface area is 117 Å². The Balaban J connectivity index is 2.53. The lowest BCUT2D eigenvalue weighted by atomic mass is 10.1. The molecular weight excluding hydrogens is 320 g/mol. The molecule has 2 rings (SSSR count). The average molecular weight is 325 g/mol. The molecule has 1 N–H and O–H groups in total. The summed E-state index contributed by atoms with van der Waals surface area (Å²) in [7, 11) is 0. The molecule has 4 nitrogen and oxygen atoms in total. The van der Waals surface area contributed by atoms with Gasteiger partial charge in [-0.3, -0.25) is 4.79 Å². The highest BCUT2D eigenvalue weighted by Gasteiger charge is 2.39. The number of fused-ring (bicyclic) bond motifs is 1. The summed E-state index contributed by atoms with van der Waals surface area (Å²) in [6.07, 6.45) is -10.0. The van der Waals surface area contributed by atoms with Crippen LogP contribution in [0, 0.1) is 0 Å². The predicted octanol–water partition coefficient (Wildman–Crippen LogP) is 3.31. The first-order chi connectivity index (χ1) is 9.98. The van der Waals surface area contributed by atoms with Gasteiger partial charge in [-0.25, -0.2) is 4.79 Å². The Bertz CT molecular complexity index is 790. The van der Waals surface area contributed by atoms with Crippen molar-refractivity contribution in [3.05, 3.63) is 40.2 Å². The second-order valence-corrected chi connectivity index (χ2v) is 4.14. The first-order valence-electron chi connectivity index (χ1n) is 5.52. The summed E-state index contributed by atoms with van der Waals surface area (Å²) in [4.78, 5) is 21.9. The highest BCUT2D eigenvalue weighted by Crippen LogP contribution is 2.34. The number of benzene rings is 1. The molecule has 1 aromatic carbocycles. The summed E-state index contributed by atoms with van der Waals surface area (Å²) in [6.45, 7) is 0. The molecule has 0 aliphatic heterocycles. The normalized spacial score (nSPS) is 12.5. The van der Waals surface area contributed by atoms with E-state index in [1.807, 2.05) is 0 Å². The monoisotopic (exact) mass is 325 g/mol. The average Bonchev–Trinajstić information content (AvgIpc) is 2.35. The summed E-state index contributed by atoms with van der Waals surface area (Å²) < 4.78 is 79.1. The molecule has 0 aliphatic rings. The van der Waals surface area contributed by atoms with E-state index >= 15 is 0 Å². The molecule has 1 amide bonds. The molecule has 0 unspecified atom stereocenters. The smallest absolute Gasteiger partial charge is 0.423 e. The van der Waals surface area contributed by atoms with Crippen molar-refractivity contribution in [2.75, 3.05) is 5.32 Å². The standard InChI is InChI=1S/C12H5F6NO3/c13-11(14,15)7-4-9(20)22-8-3-5(1-2-6(7)8)19-10(21)12(16,17)18/h1-4H,(H,19,21). The summed E-state index contributed by atoms with van der Waals surface area (Å²) in [5, 5.41) is 0.928. The third-order valence-corrected chi connectivity index (χ3v) is 2.57. The van der Waals surface area contributed by atoms with E-state index in [1.165, 1.54) is 5.32 Å². The molecule has 0 radical (unpaired) electrons. The van der Waals surface area contributed by atoms with Gasteiger partial charge in [-0.05, 0) is 12.1 Å². The van der Waals surface area contributed by atoms with Crippen LogP contribution in [-0.2, 0) is 11.0 Å². The van der Waals surface area contributed by atoms with Gasteiger partial charge >= 0.3 is 23.9 Å². The minimum Gasteiger partial charge on any atom is -0.423 e.